The summed E-state index contributed by atoms with van der Waals surface area (Å²) in [5, 5.41) is 28.6. The summed E-state index contributed by atoms with van der Waals surface area (Å²) in [5.74, 6) is -0.456. The third-order valence-electron chi connectivity index (χ3n) is 9.25. The lowest BCUT2D eigenvalue weighted by atomic mass is 9.86. The number of hydrogen-bond donors (Lipinski definition) is 3. The van der Waals surface area contributed by atoms with Gasteiger partial charge >= 0.3 is 17.9 Å². The smallest absolute Gasteiger partial charge is 0.378 e. The van der Waals surface area contributed by atoms with Crippen molar-refractivity contribution in [2.45, 2.75) is 142 Å². The third kappa shape index (κ3) is 12.5. The van der Waals surface area contributed by atoms with E-state index in [1.54, 1.807) is 6.07 Å². The quantitative estimate of drug-likeness (QED) is 0.0999. The van der Waals surface area contributed by atoms with E-state index < -0.39 is 48.2 Å². The fraction of sp³-hybridized carbons (Fsp3) is 0.703. The van der Waals surface area contributed by atoms with Crippen molar-refractivity contribution in [3.05, 3.63) is 35.3 Å². The van der Waals surface area contributed by atoms with Gasteiger partial charge in [0.05, 0.1) is 6.61 Å². The number of benzene rings is 1. The zero-order valence-corrected chi connectivity index (χ0v) is 28.9. The van der Waals surface area contributed by atoms with E-state index in [0.717, 1.165) is 54.7 Å². The zero-order chi connectivity index (χ0) is 34.6. The highest BCUT2D eigenvalue weighted by molar-refractivity contribution is 5.92. The minimum Gasteiger partial charge on any atom is -0.505 e. The Kier molecular flexibility index (Phi) is 15.0. The normalized spacial score (nSPS) is 21.1. The van der Waals surface area contributed by atoms with Gasteiger partial charge in [0, 0.05) is 12.8 Å². The molecule has 0 bridgehead atoms. The summed E-state index contributed by atoms with van der Waals surface area (Å²) in [5.41, 5.74) is 0.778. The van der Waals surface area contributed by atoms with Crippen molar-refractivity contribution < 1.29 is 48.7 Å². The first-order valence-electron chi connectivity index (χ1n) is 17.5. The van der Waals surface area contributed by atoms with E-state index >= 15 is 0 Å². The molecule has 0 amide bonds. The number of carbonyl (C=O) groups excluding carboxylic acids is 3. The number of aliphatic hydroxyl groups is 3. The second-order valence-corrected chi connectivity index (χ2v) is 14.3. The SMILES string of the molecule is CC(C)CCC[C@@H](C)CCC[C@@H](C)CCC[C@]1(C)CCc2cc(OC(=O)CCCC(=O)OC3=C(O)[C@@H](C(O)CO)OC3=O)ccc2O1. The Morgan fingerprint density at radius 2 is 1.55 bits per heavy atom. The largest absolute Gasteiger partial charge is 0.505 e. The van der Waals surface area contributed by atoms with Gasteiger partial charge in [0.1, 0.15) is 23.2 Å². The summed E-state index contributed by atoms with van der Waals surface area (Å²) in [7, 11) is 0. The lowest BCUT2D eigenvalue weighted by Crippen LogP contribution is -2.36. The maximum atomic E-state index is 12.4. The molecular formula is C37H56O10. The molecule has 2 aliphatic rings. The van der Waals surface area contributed by atoms with Crippen LogP contribution in [0.4, 0.5) is 0 Å². The molecule has 0 aliphatic carbocycles. The fourth-order valence-electron chi connectivity index (χ4n) is 6.24. The van der Waals surface area contributed by atoms with Crippen LogP contribution in [0.15, 0.2) is 29.7 Å². The van der Waals surface area contributed by atoms with Crippen LogP contribution in [0.3, 0.4) is 0 Å². The Balaban J connectivity index is 1.34. The summed E-state index contributed by atoms with van der Waals surface area (Å²) in [4.78, 5) is 36.4. The first-order chi connectivity index (χ1) is 22.3. The molecule has 0 spiro atoms. The number of esters is 3. The van der Waals surface area contributed by atoms with Gasteiger partial charge in [-0.3, -0.25) is 9.59 Å². The number of fused-ring (bicyclic) bond motifs is 1. The second-order valence-electron chi connectivity index (χ2n) is 14.3. The number of carbonyl (C=O) groups is 3. The first-order valence-corrected chi connectivity index (χ1v) is 17.5. The average molecular weight is 661 g/mol. The number of rotatable bonds is 20. The highest BCUT2D eigenvalue weighted by Crippen LogP contribution is 2.38. The Hall–Kier alpha value is -3.11. The summed E-state index contributed by atoms with van der Waals surface area (Å²) in [6.07, 6.45) is 9.77. The van der Waals surface area contributed by atoms with Crippen molar-refractivity contribution in [1.82, 2.24) is 0 Å². The molecule has 0 saturated heterocycles. The van der Waals surface area contributed by atoms with Crippen LogP contribution in [-0.4, -0.2) is 57.6 Å². The molecule has 264 valence electrons. The molecular weight excluding hydrogens is 604 g/mol. The monoisotopic (exact) mass is 660 g/mol. The molecule has 0 aromatic heterocycles. The number of aryl methyl sites for hydroxylation is 1. The Bertz CT molecular complexity index is 1220. The minimum absolute atomic E-state index is 0.0716. The van der Waals surface area contributed by atoms with Gasteiger partial charge in [-0.2, -0.15) is 0 Å². The highest BCUT2D eigenvalue weighted by atomic mass is 16.6. The van der Waals surface area contributed by atoms with Crippen LogP contribution in [0.2, 0.25) is 0 Å². The van der Waals surface area contributed by atoms with Crippen molar-refractivity contribution in [3.63, 3.8) is 0 Å². The molecule has 2 aliphatic heterocycles. The molecule has 2 heterocycles. The molecule has 5 atom stereocenters. The lowest BCUT2D eigenvalue weighted by molar-refractivity contribution is -0.153. The Labute approximate surface area is 279 Å². The van der Waals surface area contributed by atoms with Gasteiger partial charge in [0.2, 0.25) is 0 Å². The maximum Gasteiger partial charge on any atom is 0.378 e. The van der Waals surface area contributed by atoms with E-state index in [9.17, 15) is 24.6 Å². The van der Waals surface area contributed by atoms with Crippen molar-refractivity contribution in [2.75, 3.05) is 6.61 Å². The lowest BCUT2D eigenvalue weighted by Gasteiger charge is -2.36. The molecule has 3 N–H and O–H groups in total. The molecule has 0 fully saturated rings. The highest BCUT2D eigenvalue weighted by Gasteiger charge is 2.41. The van der Waals surface area contributed by atoms with E-state index in [2.05, 4.69) is 34.6 Å². The predicted molar refractivity (Wildman–Crippen MR) is 177 cm³/mol. The van der Waals surface area contributed by atoms with Gasteiger partial charge in [0.25, 0.3) is 5.76 Å². The molecule has 1 unspecified atom stereocenters. The molecule has 1 aromatic rings. The minimum atomic E-state index is -1.55. The van der Waals surface area contributed by atoms with Crippen LogP contribution in [-0.2, 0) is 30.3 Å². The first kappa shape index (κ1) is 38.3. The zero-order valence-electron chi connectivity index (χ0n) is 28.9. The van der Waals surface area contributed by atoms with Crippen molar-refractivity contribution >= 4 is 17.9 Å². The van der Waals surface area contributed by atoms with Gasteiger partial charge in [-0.15, -0.1) is 0 Å². The summed E-state index contributed by atoms with van der Waals surface area (Å²) in [6.45, 7) is 10.8. The molecule has 10 heteroatoms. The van der Waals surface area contributed by atoms with Gasteiger partial charge in [-0.05, 0) is 80.5 Å². The second kappa shape index (κ2) is 18.4. The van der Waals surface area contributed by atoms with Crippen molar-refractivity contribution in [3.8, 4) is 11.5 Å². The third-order valence-corrected chi connectivity index (χ3v) is 9.25. The van der Waals surface area contributed by atoms with Gasteiger partial charge < -0.3 is 34.3 Å². The molecule has 3 rings (SSSR count). The number of cyclic esters (lactones) is 1. The fourth-order valence-corrected chi connectivity index (χ4v) is 6.24. The Morgan fingerprint density at radius 3 is 2.19 bits per heavy atom. The molecule has 47 heavy (non-hydrogen) atoms. The summed E-state index contributed by atoms with van der Waals surface area (Å²) < 4.78 is 21.5. The number of hydrogen-bond acceptors (Lipinski definition) is 10. The van der Waals surface area contributed by atoms with E-state index in [-0.39, 0.29) is 24.9 Å². The molecule has 1 aromatic carbocycles. The standard InChI is InChI=1S/C37H56O10/c1-24(2)10-6-11-25(3)12-7-13-26(4)14-9-20-37(5)21-19-27-22-28(17-18-30(27)47-37)44-31(40)15-8-16-32(41)45-35-33(42)34(29(39)23-38)46-36(35)43/h17-18,22,24-26,29,34,38-39,42H,6-16,19-21,23H2,1-5H3/t25-,26-,29?,34-,37-/m1/s1. The van der Waals surface area contributed by atoms with Gasteiger partial charge in [-0.1, -0.05) is 72.6 Å². The van der Waals surface area contributed by atoms with Gasteiger partial charge in [-0.25, -0.2) is 4.79 Å². The molecule has 0 saturated carbocycles. The number of aliphatic hydroxyl groups excluding tert-OH is 3. The average Bonchev–Trinajstić information content (AvgIpc) is 3.29. The summed E-state index contributed by atoms with van der Waals surface area (Å²) >= 11 is 0. The van der Waals surface area contributed by atoms with E-state index in [1.165, 1.54) is 44.9 Å². The van der Waals surface area contributed by atoms with Crippen LogP contribution in [0.5, 0.6) is 11.5 Å². The van der Waals surface area contributed by atoms with Crippen LogP contribution < -0.4 is 9.47 Å². The van der Waals surface area contributed by atoms with Crippen molar-refractivity contribution in [2.24, 2.45) is 17.8 Å². The van der Waals surface area contributed by atoms with Crippen LogP contribution >= 0.6 is 0 Å². The van der Waals surface area contributed by atoms with E-state index in [1.807, 2.05) is 12.1 Å². The Morgan fingerprint density at radius 1 is 0.936 bits per heavy atom. The van der Waals surface area contributed by atoms with E-state index in [0.29, 0.717) is 5.75 Å². The summed E-state index contributed by atoms with van der Waals surface area (Å²) in [6, 6.07) is 5.38. The number of ether oxygens (including phenoxy) is 4. The molecule has 10 nitrogen and oxygen atoms in total. The van der Waals surface area contributed by atoms with Crippen LogP contribution in [0.25, 0.3) is 0 Å². The van der Waals surface area contributed by atoms with E-state index in [4.69, 9.17) is 24.1 Å². The van der Waals surface area contributed by atoms with Crippen molar-refractivity contribution in [1.29, 1.82) is 0 Å². The van der Waals surface area contributed by atoms with Gasteiger partial charge in [0.15, 0.2) is 11.9 Å². The topological polar surface area (TPSA) is 149 Å². The predicted octanol–water partition coefficient (Wildman–Crippen LogP) is 6.88. The van der Waals surface area contributed by atoms with Crippen LogP contribution in [0.1, 0.15) is 124 Å². The van der Waals surface area contributed by atoms with Crippen LogP contribution in [0, 0.1) is 17.8 Å². The maximum absolute atomic E-state index is 12.4. The molecule has 0 radical (unpaired) electrons.